The van der Waals surface area contributed by atoms with Crippen LogP contribution in [0.2, 0.25) is 0 Å². The van der Waals surface area contributed by atoms with E-state index < -0.39 is 5.92 Å². The van der Waals surface area contributed by atoms with Crippen LogP contribution in [0.3, 0.4) is 0 Å². The third-order valence-electron chi connectivity index (χ3n) is 24.3. The van der Waals surface area contributed by atoms with Crippen LogP contribution in [0.25, 0.3) is 52.2 Å². The van der Waals surface area contributed by atoms with Gasteiger partial charge in [0, 0.05) is 40.7 Å². The molecule has 0 radical (unpaired) electrons. The van der Waals surface area contributed by atoms with Crippen molar-refractivity contribution in [2.24, 2.45) is 28.7 Å². The average molecular weight is 2120 g/mol. The Bertz CT molecular complexity index is 7250. The highest BCUT2D eigenvalue weighted by Gasteiger charge is 2.44. The van der Waals surface area contributed by atoms with E-state index in [1.54, 1.807) is 35.5 Å². The number of hydrogen-bond acceptors (Lipinski definition) is 24. The highest BCUT2D eigenvalue weighted by atomic mass is 127. The molecule has 0 amide bonds. The van der Waals surface area contributed by atoms with Crippen LogP contribution in [0.1, 0.15) is 195 Å². The van der Waals surface area contributed by atoms with Crippen molar-refractivity contribution in [2.75, 3.05) is 35.5 Å². The predicted molar refractivity (Wildman–Crippen MR) is 540 cm³/mol. The fourth-order valence-corrected chi connectivity index (χ4v) is 20.5. The summed E-state index contributed by atoms with van der Waals surface area (Å²) in [6.07, 6.45) is 29.1. The third kappa shape index (κ3) is 19.2. The van der Waals surface area contributed by atoms with Crippen molar-refractivity contribution in [1.82, 2.24) is 50.6 Å². The zero-order chi connectivity index (χ0) is 98.9. The Morgan fingerprint density at radius 3 is 1.22 bits per heavy atom. The van der Waals surface area contributed by atoms with Crippen molar-refractivity contribution in [3.05, 3.63) is 386 Å². The van der Waals surface area contributed by atoms with Gasteiger partial charge in [-0.15, -0.1) is 36.8 Å². The predicted octanol–water partition coefficient (Wildman–Crippen LogP) is 21.0. The monoisotopic (exact) mass is 2120 g/mol. The number of allylic oxidation sites excluding steroid dienone is 21. The summed E-state index contributed by atoms with van der Waals surface area (Å²) in [6, 6.07) is 31.4. The van der Waals surface area contributed by atoms with Crippen LogP contribution in [-0.2, 0) is 9.59 Å². The molecule has 32 nitrogen and oxygen atoms in total. The lowest BCUT2D eigenvalue weighted by Gasteiger charge is -2.27. The van der Waals surface area contributed by atoms with Gasteiger partial charge in [0.2, 0.25) is 58.1 Å². The summed E-state index contributed by atoms with van der Waals surface area (Å²) < 4.78 is 59.4. The number of rotatable bonds is 17. The number of carbonyl (C=O) groups excluding carboxylic acids is 3. The third-order valence-corrected chi connectivity index (χ3v) is 27.3. The molecule has 9 aliphatic rings. The topological polar surface area (TPSA) is 424 Å². The van der Waals surface area contributed by atoms with E-state index in [1.807, 2.05) is 128 Å². The van der Waals surface area contributed by atoms with Crippen molar-refractivity contribution in [3.8, 4) is 68.7 Å². The van der Waals surface area contributed by atoms with Gasteiger partial charge in [-0.2, -0.15) is 14.3 Å². The fraction of sp³-hybridized carbons (Fsp3) is 0.214. The first kappa shape index (κ1) is 97.7. The Morgan fingerprint density at radius 1 is 0.496 bits per heavy atom. The van der Waals surface area contributed by atoms with Gasteiger partial charge >= 0.3 is 6.15 Å². The van der Waals surface area contributed by atoms with E-state index in [1.165, 1.54) is 28.5 Å². The number of halogens is 3. The first-order valence-corrected chi connectivity index (χ1v) is 46.9. The van der Waals surface area contributed by atoms with Crippen molar-refractivity contribution in [1.29, 1.82) is 0 Å². The summed E-state index contributed by atoms with van der Waals surface area (Å²) in [5, 5.41) is 36.0. The normalized spacial score (nSPS) is 17.3. The number of nitrogens with two attached hydrogens (primary N) is 5. The Kier molecular flexibility index (Phi) is 30.0. The van der Waals surface area contributed by atoms with E-state index in [0.29, 0.717) is 63.5 Å². The summed E-state index contributed by atoms with van der Waals surface area (Å²) in [6.45, 7) is 42.6. The molecule has 0 saturated carbocycles. The number of methoxy groups -OCH3 is 5. The quantitative estimate of drug-likeness (QED) is 0.0302. The highest BCUT2D eigenvalue weighted by molar-refractivity contribution is 14.1. The number of carbonyl (C=O) groups is 1. The second-order valence-corrected chi connectivity index (χ2v) is 36.3. The lowest BCUT2D eigenvalue weighted by atomic mass is 9.81. The summed E-state index contributed by atoms with van der Waals surface area (Å²) in [5.74, 6) is 5.13. The molecule has 704 valence electrons. The van der Waals surface area contributed by atoms with Crippen LogP contribution in [0, 0.1) is 43.7 Å². The molecule has 0 saturated heterocycles. The number of nitrogens with one attached hydrogen (secondary N) is 4. The number of benzene rings is 5. The SMILES string of the molecule is CCC1=C(N)Oc2n[nH]c(C3=CC=CC3)c2C1c1ccc(OC)c(Br)c1.O=C=O.[C-]#[N+]C1=C(N)Oc2n[nH]c(C3=CC=CC3)c2C1c1cc(C(C)C)c(OC)cc1C.[C-]#[N+]C1=C(N)Oc2n[nH]c(C3=CC=CC3)c2C1c1ccc(OC)c(C)c1.[C-]#[N+]C1=C(N)Oc2n[nH]c(C3=CC=CC3)c2C1c1ccc(OC)c(I)c1.[C-]#[N+]C1=C(N)Oc2nn(C(C)=O)c(-c3cccs3)c2C1c1ccc(OC)c(Br)c1. The Balaban J connectivity index is 0.000000131. The maximum atomic E-state index is 12.3. The molecule has 4 aliphatic carbocycles. The molecule has 139 heavy (non-hydrogen) atoms. The van der Waals surface area contributed by atoms with Crippen molar-refractivity contribution in [3.63, 3.8) is 0 Å². The molecule has 5 unspecified atom stereocenters. The van der Waals surface area contributed by atoms with E-state index >= 15 is 0 Å². The van der Waals surface area contributed by atoms with Gasteiger partial charge < -0.3 is 76.0 Å². The first-order chi connectivity index (χ1) is 67.2. The maximum Gasteiger partial charge on any atom is 0.373 e. The standard InChI is InChI=1S/C23H24N4O2.C20H15BrN4O3S.C20H20BrN3O2.C20H18N4O2.C19H15IN4O2.CO2/c1-12(2)15-11-16(13(3)10-17(15)28-5)18-19-20(14-8-6-7-9-14)26-27-23(19)29-22(24)21(18)25-4;1-10(26)25-18(14-5-4-8-29-14)16-15(11-6-7-13(27-3)12(21)9-11)17(23-2)19(22)28-20(16)24-25;1-3-13-16(12-8-9-15(25-2)14(21)10-12)17-18(11-6-4-5-7-11)23-24-20(17)26-19(13)22;1-11-10-13(8-9-14(11)25-3)15-16-17(12-6-4-5-7-12)23-24-20(16)26-19(21)18(15)22-2;1-22-17-14(11-7-8-13(25-2)12(20)9-11)15-16(10-5-3-4-6-10)23-24-19(15)26-18(17)21;2-1-3/h6-8,10-12,18H,9,24H2,1-3,5H3,(H,26,27);4-9,15H,22H2,1,3H3;4-6,8-10,16H,3,7,22H2,1-2H3,(H,23,24);4-6,8-10,15H,7,21H2,1,3H3,(H,23,24);3-5,7-9,14H,6,21H2,2H3,(H,23,24);. The second kappa shape index (κ2) is 42.6. The molecule has 5 aromatic carbocycles. The smallest absolute Gasteiger partial charge is 0.373 e. The minimum Gasteiger partial charge on any atom is -0.496 e. The van der Waals surface area contributed by atoms with Crippen LogP contribution in [0.15, 0.2) is 242 Å². The highest BCUT2D eigenvalue weighted by Crippen LogP contribution is 2.55. The number of aryl methyl sites for hydroxylation is 2. The van der Waals surface area contributed by atoms with Crippen molar-refractivity contribution >= 4 is 100 Å². The van der Waals surface area contributed by atoms with E-state index in [0.717, 1.165) is 184 Å². The summed E-state index contributed by atoms with van der Waals surface area (Å²) in [4.78, 5) is 44.2. The number of H-pyrrole nitrogens is 4. The van der Waals surface area contributed by atoms with E-state index in [-0.39, 0.29) is 76.8 Å². The largest absolute Gasteiger partial charge is 0.496 e. The number of ether oxygens (including phenoxy) is 10. The molecule has 0 bridgehead atoms. The summed E-state index contributed by atoms with van der Waals surface area (Å²) in [7, 11) is 8.21. The molecule has 5 atom stereocenters. The van der Waals surface area contributed by atoms with Gasteiger partial charge in [0.15, 0.2) is 29.4 Å². The molecule has 0 fully saturated rings. The molecule has 11 aromatic rings. The minimum atomic E-state index is -0.538. The number of hydrogen-bond donors (Lipinski definition) is 9. The van der Waals surface area contributed by atoms with Crippen molar-refractivity contribution < 1.29 is 61.8 Å². The number of aromatic amines is 4. The van der Waals surface area contributed by atoms with E-state index in [9.17, 15) is 4.79 Å². The van der Waals surface area contributed by atoms with Gasteiger partial charge in [0.05, 0.1) is 137 Å². The van der Waals surface area contributed by atoms with Crippen molar-refractivity contribution in [2.45, 2.75) is 109 Å². The van der Waals surface area contributed by atoms with Crippen LogP contribution in [-0.4, -0.2) is 98.2 Å². The first-order valence-electron chi connectivity index (χ1n) is 43.4. The second-order valence-electron chi connectivity index (χ2n) is 32.5. The molecule has 0 spiro atoms. The fourth-order valence-electron chi connectivity index (χ4n) is 17.9. The molecule has 6 aromatic heterocycles. The molecule has 20 rings (SSSR count). The van der Waals surface area contributed by atoms with Crippen LogP contribution >= 0.6 is 65.8 Å². The summed E-state index contributed by atoms with van der Waals surface area (Å²) in [5.41, 5.74) is 53.9. The van der Waals surface area contributed by atoms with E-state index in [4.69, 9.17) is 112 Å². The van der Waals surface area contributed by atoms with Crippen LogP contribution in [0.4, 0.5) is 0 Å². The van der Waals surface area contributed by atoms with Gasteiger partial charge in [-0.25, -0.2) is 19.4 Å². The molecule has 5 aliphatic heterocycles. The number of aromatic nitrogens is 10. The van der Waals surface area contributed by atoms with Gasteiger partial charge in [0.25, 0.3) is 0 Å². The molecular weight excluding hydrogens is 2030 g/mol. The Labute approximate surface area is 834 Å². The van der Waals surface area contributed by atoms with E-state index in [2.05, 4.69) is 201 Å². The number of thiophene rings is 1. The molecule has 11 heterocycles. The van der Waals surface area contributed by atoms with Gasteiger partial charge in [-0.1, -0.05) is 136 Å². The van der Waals surface area contributed by atoms with Gasteiger partial charge in [-0.05, 0) is 233 Å². The van der Waals surface area contributed by atoms with Crippen LogP contribution in [0.5, 0.6) is 58.1 Å². The number of fused-ring (bicyclic) bond motifs is 5. The Hall–Kier alpha value is -15.8. The average Bonchev–Trinajstić information content (AvgIpc) is 1.59. The maximum absolute atomic E-state index is 12.3. The van der Waals surface area contributed by atoms with Gasteiger partial charge in [-0.3, -0.25) is 25.2 Å². The molecular formula is C103H92Br2IN19O13S. The van der Waals surface area contributed by atoms with Crippen LogP contribution < -0.4 is 76.0 Å². The molecule has 14 N–H and O–H groups in total. The van der Waals surface area contributed by atoms with Gasteiger partial charge in [0.1, 0.15) is 28.7 Å². The zero-order valence-electron chi connectivity index (χ0n) is 77.0. The number of nitrogens with zero attached hydrogens (tertiary/aromatic N) is 10. The lowest BCUT2D eigenvalue weighted by molar-refractivity contribution is -0.191. The zero-order valence-corrected chi connectivity index (χ0v) is 83.1. The Morgan fingerprint density at radius 2 is 0.863 bits per heavy atom. The summed E-state index contributed by atoms with van der Waals surface area (Å²) >= 11 is 10.8. The molecule has 36 heteroatoms. The lowest BCUT2D eigenvalue weighted by Crippen LogP contribution is -2.21. The minimum absolute atomic E-state index is 0.0128.